The molecule has 2 aromatic rings. The summed E-state index contributed by atoms with van der Waals surface area (Å²) >= 11 is 5.80. The van der Waals surface area contributed by atoms with Crippen LogP contribution in [0.25, 0.3) is 0 Å². The molecule has 0 unspecified atom stereocenters. The van der Waals surface area contributed by atoms with E-state index in [-0.39, 0.29) is 16.8 Å². The predicted molar refractivity (Wildman–Crippen MR) is 95.2 cm³/mol. The molecule has 0 radical (unpaired) electrons. The average molecular weight is 356 g/mol. The van der Waals surface area contributed by atoms with Crippen LogP contribution in [0.4, 0.5) is 11.4 Å². The molecule has 126 valence electrons. The van der Waals surface area contributed by atoms with Gasteiger partial charge in [0.25, 0.3) is 5.91 Å². The summed E-state index contributed by atoms with van der Waals surface area (Å²) in [6, 6.07) is 14.9. The minimum Gasteiger partial charge on any atom is -0.465 e. The summed E-state index contributed by atoms with van der Waals surface area (Å²) in [7, 11) is 1.25. The molecule has 2 rings (SSSR count). The van der Waals surface area contributed by atoms with E-state index in [1.54, 1.807) is 42.5 Å². The van der Waals surface area contributed by atoms with Gasteiger partial charge in [-0.25, -0.2) is 4.79 Å². The summed E-state index contributed by atoms with van der Waals surface area (Å²) in [5, 5.41) is 15.1. The van der Waals surface area contributed by atoms with Crippen LogP contribution in [0.1, 0.15) is 10.4 Å². The van der Waals surface area contributed by atoms with E-state index in [0.29, 0.717) is 10.7 Å². The van der Waals surface area contributed by atoms with Gasteiger partial charge in [0.1, 0.15) is 11.6 Å². The van der Waals surface area contributed by atoms with Gasteiger partial charge in [0, 0.05) is 16.9 Å². The molecule has 1 amide bonds. The summed E-state index contributed by atoms with van der Waals surface area (Å²) in [4.78, 5) is 24.0. The number of methoxy groups -OCH3 is 1. The Kier molecular flexibility index (Phi) is 6.15. The molecule has 0 aliphatic rings. The second kappa shape index (κ2) is 8.52. The topological polar surface area (TPSA) is 91.2 Å². The van der Waals surface area contributed by atoms with Crippen LogP contribution in [0.5, 0.6) is 0 Å². The Hall–Kier alpha value is -3.30. The summed E-state index contributed by atoms with van der Waals surface area (Å²) in [6.07, 6.45) is 1.28. The van der Waals surface area contributed by atoms with E-state index >= 15 is 0 Å². The van der Waals surface area contributed by atoms with Crippen LogP contribution >= 0.6 is 11.6 Å². The fourth-order valence-electron chi connectivity index (χ4n) is 1.92. The molecule has 25 heavy (non-hydrogen) atoms. The van der Waals surface area contributed by atoms with Crippen molar-refractivity contribution in [3.63, 3.8) is 0 Å². The number of para-hydroxylation sites is 1. The van der Waals surface area contributed by atoms with E-state index in [9.17, 15) is 14.9 Å². The van der Waals surface area contributed by atoms with Crippen LogP contribution in [0.2, 0.25) is 5.02 Å². The fourth-order valence-corrected chi connectivity index (χ4v) is 2.05. The van der Waals surface area contributed by atoms with Gasteiger partial charge >= 0.3 is 5.97 Å². The van der Waals surface area contributed by atoms with E-state index in [1.807, 2.05) is 6.07 Å². The van der Waals surface area contributed by atoms with E-state index in [4.69, 9.17) is 11.6 Å². The van der Waals surface area contributed by atoms with Crippen LogP contribution in [-0.2, 0) is 9.53 Å². The lowest BCUT2D eigenvalue weighted by atomic mass is 10.1. The normalized spacial score (nSPS) is 10.5. The summed E-state index contributed by atoms with van der Waals surface area (Å²) < 4.78 is 4.67. The number of rotatable bonds is 5. The van der Waals surface area contributed by atoms with Crippen molar-refractivity contribution in [3.8, 4) is 6.07 Å². The molecule has 6 nitrogen and oxygen atoms in total. The lowest BCUT2D eigenvalue weighted by molar-refractivity contribution is -0.112. The highest BCUT2D eigenvalue weighted by Gasteiger charge is 2.15. The lowest BCUT2D eigenvalue weighted by Gasteiger charge is -2.09. The molecular weight excluding hydrogens is 342 g/mol. The maximum Gasteiger partial charge on any atom is 0.339 e. The van der Waals surface area contributed by atoms with E-state index < -0.39 is 11.9 Å². The monoisotopic (exact) mass is 355 g/mol. The predicted octanol–water partition coefficient (Wildman–Crippen LogP) is 3.58. The SMILES string of the molecule is COC(=O)c1ccccc1NC(=O)/C(C#N)=C\Nc1ccc(Cl)cc1. The van der Waals surface area contributed by atoms with Crippen molar-refractivity contribution in [3.05, 3.63) is 70.9 Å². The first-order chi connectivity index (χ1) is 12.0. The van der Waals surface area contributed by atoms with Crippen molar-refractivity contribution in [2.75, 3.05) is 17.7 Å². The van der Waals surface area contributed by atoms with Gasteiger partial charge in [0.15, 0.2) is 0 Å². The number of amides is 1. The van der Waals surface area contributed by atoms with Crippen molar-refractivity contribution < 1.29 is 14.3 Å². The number of carbonyl (C=O) groups excluding carboxylic acids is 2. The Morgan fingerprint density at radius 3 is 2.48 bits per heavy atom. The number of hydrogen-bond acceptors (Lipinski definition) is 5. The molecule has 0 heterocycles. The molecule has 0 aliphatic carbocycles. The molecule has 0 aromatic heterocycles. The molecule has 2 N–H and O–H groups in total. The van der Waals surface area contributed by atoms with Crippen molar-refractivity contribution >= 4 is 34.9 Å². The molecule has 0 saturated carbocycles. The number of ether oxygens (including phenoxy) is 1. The van der Waals surface area contributed by atoms with Crippen LogP contribution in [0, 0.1) is 11.3 Å². The molecular formula is C18H14ClN3O3. The lowest BCUT2D eigenvalue weighted by Crippen LogP contribution is -2.17. The Bertz CT molecular complexity index is 855. The highest BCUT2D eigenvalue weighted by Crippen LogP contribution is 2.17. The number of nitrogens with zero attached hydrogens (tertiary/aromatic N) is 1. The minimum absolute atomic E-state index is 0.158. The summed E-state index contributed by atoms with van der Waals surface area (Å²) in [6.45, 7) is 0. The van der Waals surface area contributed by atoms with Gasteiger partial charge in [-0.3, -0.25) is 4.79 Å². The number of esters is 1. The number of carbonyl (C=O) groups is 2. The number of benzene rings is 2. The van der Waals surface area contributed by atoms with Crippen LogP contribution in [0.3, 0.4) is 0 Å². The molecule has 0 fully saturated rings. The molecule has 0 bridgehead atoms. The van der Waals surface area contributed by atoms with Crippen LogP contribution in [0.15, 0.2) is 60.3 Å². The van der Waals surface area contributed by atoms with Gasteiger partial charge in [0.05, 0.1) is 18.4 Å². The van der Waals surface area contributed by atoms with E-state index in [2.05, 4.69) is 15.4 Å². The minimum atomic E-state index is -0.652. The van der Waals surface area contributed by atoms with Gasteiger partial charge in [0.2, 0.25) is 0 Å². The van der Waals surface area contributed by atoms with Gasteiger partial charge in [-0.2, -0.15) is 5.26 Å². The highest BCUT2D eigenvalue weighted by molar-refractivity contribution is 6.30. The zero-order chi connectivity index (χ0) is 18.2. The fraction of sp³-hybridized carbons (Fsp3) is 0.0556. The average Bonchev–Trinajstić information content (AvgIpc) is 2.63. The third-order valence-electron chi connectivity index (χ3n) is 3.17. The molecule has 0 atom stereocenters. The van der Waals surface area contributed by atoms with Crippen molar-refractivity contribution in [1.82, 2.24) is 0 Å². The molecule has 0 aliphatic heterocycles. The molecule has 0 saturated heterocycles. The first kappa shape index (κ1) is 18.0. The maximum atomic E-state index is 12.3. The maximum absolute atomic E-state index is 12.3. The van der Waals surface area contributed by atoms with Crippen LogP contribution < -0.4 is 10.6 Å². The first-order valence-corrected chi connectivity index (χ1v) is 7.54. The summed E-state index contributed by atoms with van der Waals surface area (Å²) in [5.41, 5.74) is 0.961. The highest BCUT2D eigenvalue weighted by atomic mass is 35.5. The van der Waals surface area contributed by atoms with Crippen molar-refractivity contribution in [1.29, 1.82) is 5.26 Å². The second-order valence-corrected chi connectivity index (χ2v) is 5.25. The van der Waals surface area contributed by atoms with Gasteiger partial charge in [-0.05, 0) is 36.4 Å². The molecule has 2 aromatic carbocycles. The first-order valence-electron chi connectivity index (χ1n) is 7.16. The Labute approximate surface area is 149 Å². The standard InChI is InChI=1S/C18H14ClN3O3/c1-25-18(24)15-4-2-3-5-16(15)22-17(23)12(10-20)11-21-14-8-6-13(19)7-9-14/h2-9,11,21H,1H3,(H,22,23)/b12-11-. The number of nitriles is 1. The zero-order valence-corrected chi connectivity index (χ0v) is 14.0. The molecule has 0 spiro atoms. The Morgan fingerprint density at radius 1 is 1.16 bits per heavy atom. The smallest absolute Gasteiger partial charge is 0.339 e. The van der Waals surface area contributed by atoms with E-state index in [0.717, 1.165) is 0 Å². The number of anilines is 2. The summed E-state index contributed by atoms with van der Waals surface area (Å²) in [5.74, 6) is -1.24. The number of halogens is 1. The largest absolute Gasteiger partial charge is 0.465 e. The van der Waals surface area contributed by atoms with Gasteiger partial charge in [-0.15, -0.1) is 0 Å². The van der Waals surface area contributed by atoms with Gasteiger partial charge < -0.3 is 15.4 Å². The third-order valence-corrected chi connectivity index (χ3v) is 3.43. The van der Waals surface area contributed by atoms with Crippen LogP contribution in [-0.4, -0.2) is 19.0 Å². The Morgan fingerprint density at radius 2 is 1.84 bits per heavy atom. The quantitative estimate of drug-likeness (QED) is 0.486. The third kappa shape index (κ3) is 4.83. The number of nitrogens with one attached hydrogen (secondary N) is 2. The van der Waals surface area contributed by atoms with Crippen molar-refractivity contribution in [2.45, 2.75) is 0 Å². The number of hydrogen-bond donors (Lipinski definition) is 2. The van der Waals surface area contributed by atoms with Gasteiger partial charge in [-0.1, -0.05) is 23.7 Å². The second-order valence-electron chi connectivity index (χ2n) is 4.81. The van der Waals surface area contributed by atoms with Crippen molar-refractivity contribution in [2.24, 2.45) is 0 Å². The Balaban J connectivity index is 2.15. The molecule has 7 heteroatoms. The van der Waals surface area contributed by atoms with E-state index in [1.165, 1.54) is 19.4 Å². The zero-order valence-electron chi connectivity index (χ0n) is 13.2.